The van der Waals surface area contributed by atoms with Gasteiger partial charge >= 0.3 is 0 Å². The highest BCUT2D eigenvalue weighted by atomic mass is 35.5. The molecule has 0 heterocycles. The van der Waals surface area contributed by atoms with Crippen LogP contribution in [-0.4, -0.2) is 18.1 Å². The monoisotopic (exact) mass is 150 g/mol. The lowest BCUT2D eigenvalue weighted by Crippen LogP contribution is -2.18. The van der Waals surface area contributed by atoms with E-state index >= 15 is 0 Å². The Morgan fingerprint density at radius 1 is 1.44 bits per heavy atom. The van der Waals surface area contributed by atoms with Gasteiger partial charge in [0.1, 0.15) is 0 Å². The molecule has 2 heteroatoms. The molecule has 9 heavy (non-hydrogen) atoms. The fourth-order valence-corrected chi connectivity index (χ4v) is 0.918. The SMILES string of the molecule is CCC(CCl)OC(C)C. The lowest BCUT2D eigenvalue weighted by Gasteiger charge is -2.15. The quantitative estimate of drug-likeness (QED) is 0.560. The zero-order valence-electron chi connectivity index (χ0n) is 6.36. The Morgan fingerprint density at radius 3 is 2.11 bits per heavy atom. The van der Waals surface area contributed by atoms with Crippen LogP contribution in [0.4, 0.5) is 0 Å². The second kappa shape index (κ2) is 5.07. The molecular formula is C7H15ClO. The summed E-state index contributed by atoms with van der Waals surface area (Å²) in [5.41, 5.74) is 0. The molecule has 1 unspecified atom stereocenters. The zero-order valence-corrected chi connectivity index (χ0v) is 7.11. The first-order valence-electron chi connectivity index (χ1n) is 3.42. The van der Waals surface area contributed by atoms with E-state index < -0.39 is 0 Å². The molecule has 0 amide bonds. The van der Waals surface area contributed by atoms with Gasteiger partial charge in [-0.2, -0.15) is 0 Å². The molecule has 1 atom stereocenters. The van der Waals surface area contributed by atoms with Gasteiger partial charge in [-0.15, -0.1) is 11.6 Å². The number of halogens is 1. The maximum Gasteiger partial charge on any atom is 0.0711 e. The van der Waals surface area contributed by atoms with Crippen LogP contribution in [0.1, 0.15) is 27.2 Å². The number of rotatable bonds is 4. The van der Waals surface area contributed by atoms with Crippen LogP contribution in [0.2, 0.25) is 0 Å². The van der Waals surface area contributed by atoms with Crippen LogP contribution >= 0.6 is 11.6 Å². The molecular weight excluding hydrogens is 136 g/mol. The van der Waals surface area contributed by atoms with E-state index in [1.54, 1.807) is 0 Å². The fourth-order valence-electron chi connectivity index (χ4n) is 0.627. The molecule has 0 aliphatic carbocycles. The van der Waals surface area contributed by atoms with Gasteiger partial charge < -0.3 is 4.74 Å². The van der Waals surface area contributed by atoms with E-state index in [0.29, 0.717) is 12.0 Å². The van der Waals surface area contributed by atoms with E-state index in [2.05, 4.69) is 6.92 Å². The van der Waals surface area contributed by atoms with Crippen molar-refractivity contribution in [2.24, 2.45) is 0 Å². The van der Waals surface area contributed by atoms with Gasteiger partial charge in [0.05, 0.1) is 12.2 Å². The van der Waals surface area contributed by atoms with Gasteiger partial charge in [-0.05, 0) is 20.3 Å². The Hall–Kier alpha value is 0.250. The normalized spacial score (nSPS) is 14.3. The van der Waals surface area contributed by atoms with Crippen LogP contribution in [-0.2, 0) is 4.74 Å². The highest BCUT2D eigenvalue weighted by Crippen LogP contribution is 2.03. The van der Waals surface area contributed by atoms with Gasteiger partial charge in [0, 0.05) is 5.88 Å². The van der Waals surface area contributed by atoms with Crippen molar-refractivity contribution in [2.75, 3.05) is 5.88 Å². The average molecular weight is 151 g/mol. The molecule has 0 bridgehead atoms. The Morgan fingerprint density at radius 2 is 2.00 bits per heavy atom. The summed E-state index contributed by atoms with van der Waals surface area (Å²) in [6.07, 6.45) is 1.54. The minimum absolute atomic E-state index is 0.242. The smallest absolute Gasteiger partial charge is 0.0711 e. The standard InChI is InChI=1S/C7H15ClO/c1-4-7(5-8)9-6(2)3/h6-7H,4-5H2,1-3H3. The van der Waals surface area contributed by atoms with Crippen molar-refractivity contribution in [1.29, 1.82) is 0 Å². The highest BCUT2D eigenvalue weighted by Gasteiger charge is 2.05. The predicted octanol–water partition coefficient (Wildman–Crippen LogP) is 2.43. The van der Waals surface area contributed by atoms with E-state index in [1.165, 1.54) is 0 Å². The van der Waals surface area contributed by atoms with Crippen molar-refractivity contribution >= 4 is 11.6 Å². The summed E-state index contributed by atoms with van der Waals surface area (Å²) in [6.45, 7) is 6.12. The first-order valence-corrected chi connectivity index (χ1v) is 3.95. The third-order valence-electron chi connectivity index (χ3n) is 1.09. The second-order valence-electron chi connectivity index (χ2n) is 2.37. The summed E-state index contributed by atoms with van der Waals surface area (Å²) in [5, 5.41) is 0. The molecule has 0 spiro atoms. The minimum atomic E-state index is 0.242. The van der Waals surface area contributed by atoms with Crippen LogP contribution in [0, 0.1) is 0 Å². The van der Waals surface area contributed by atoms with Crippen LogP contribution in [0.15, 0.2) is 0 Å². The largest absolute Gasteiger partial charge is 0.374 e. The maximum absolute atomic E-state index is 5.59. The molecule has 0 aromatic rings. The van der Waals surface area contributed by atoms with Crippen LogP contribution in [0.3, 0.4) is 0 Å². The van der Waals surface area contributed by atoms with E-state index in [0.717, 1.165) is 6.42 Å². The molecule has 0 aliphatic rings. The summed E-state index contributed by atoms with van der Waals surface area (Å²) >= 11 is 5.59. The third kappa shape index (κ3) is 4.73. The van der Waals surface area contributed by atoms with E-state index in [1.807, 2.05) is 13.8 Å². The molecule has 0 saturated carbocycles. The second-order valence-corrected chi connectivity index (χ2v) is 2.68. The summed E-state index contributed by atoms with van der Waals surface area (Å²) in [5.74, 6) is 0.606. The van der Waals surface area contributed by atoms with Crippen molar-refractivity contribution in [2.45, 2.75) is 39.4 Å². The molecule has 0 aliphatic heterocycles. The van der Waals surface area contributed by atoms with Gasteiger partial charge in [-0.3, -0.25) is 0 Å². The van der Waals surface area contributed by atoms with E-state index in [9.17, 15) is 0 Å². The van der Waals surface area contributed by atoms with Crippen molar-refractivity contribution in [3.8, 4) is 0 Å². The van der Waals surface area contributed by atoms with Crippen LogP contribution in [0.25, 0.3) is 0 Å². The van der Waals surface area contributed by atoms with Gasteiger partial charge in [0.2, 0.25) is 0 Å². The van der Waals surface area contributed by atoms with Crippen molar-refractivity contribution in [3.05, 3.63) is 0 Å². The lowest BCUT2D eigenvalue weighted by molar-refractivity contribution is 0.0192. The van der Waals surface area contributed by atoms with E-state index in [4.69, 9.17) is 16.3 Å². The predicted molar refractivity (Wildman–Crippen MR) is 41.0 cm³/mol. The number of ether oxygens (including phenoxy) is 1. The first-order chi connectivity index (χ1) is 4.20. The Kier molecular flexibility index (Phi) is 5.21. The number of alkyl halides is 1. The summed E-state index contributed by atoms with van der Waals surface area (Å²) in [4.78, 5) is 0. The Labute approximate surface area is 62.3 Å². The molecule has 0 N–H and O–H groups in total. The van der Waals surface area contributed by atoms with Crippen molar-refractivity contribution in [1.82, 2.24) is 0 Å². The Bertz CT molecular complexity index is 59.9. The highest BCUT2D eigenvalue weighted by molar-refractivity contribution is 6.18. The van der Waals surface area contributed by atoms with Crippen LogP contribution < -0.4 is 0 Å². The minimum Gasteiger partial charge on any atom is -0.374 e. The van der Waals surface area contributed by atoms with Gasteiger partial charge in [0.15, 0.2) is 0 Å². The molecule has 0 aromatic carbocycles. The van der Waals surface area contributed by atoms with Gasteiger partial charge in [-0.25, -0.2) is 0 Å². The van der Waals surface area contributed by atoms with Gasteiger partial charge in [0.25, 0.3) is 0 Å². The third-order valence-corrected chi connectivity index (χ3v) is 1.44. The molecule has 0 rings (SSSR count). The van der Waals surface area contributed by atoms with Gasteiger partial charge in [-0.1, -0.05) is 6.92 Å². The molecule has 0 fully saturated rings. The van der Waals surface area contributed by atoms with Crippen molar-refractivity contribution < 1.29 is 4.74 Å². The molecule has 1 nitrogen and oxygen atoms in total. The lowest BCUT2D eigenvalue weighted by atomic mass is 10.3. The number of hydrogen-bond donors (Lipinski definition) is 0. The fraction of sp³-hybridized carbons (Fsp3) is 1.00. The summed E-state index contributed by atoms with van der Waals surface area (Å²) in [7, 11) is 0. The molecule has 0 radical (unpaired) electrons. The Balaban J connectivity index is 3.31. The first kappa shape index (κ1) is 9.25. The topological polar surface area (TPSA) is 9.23 Å². The molecule has 56 valence electrons. The summed E-state index contributed by atoms with van der Waals surface area (Å²) < 4.78 is 5.42. The molecule has 0 aromatic heterocycles. The maximum atomic E-state index is 5.59. The van der Waals surface area contributed by atoms with E-state index in [-0.39, 0.29) is 6.10 Å². The number of hydrogen-bond acceptors (Lipinski definition) is 1. The van der Waals surface area contributed by atoms with Crippen LogP contribution in [0.5, 0.6) is 0 Å². The average Bonchev–Trinajstić information content (AvgIpc) is 1.82. The zero-order chi connectivity index (χ0) is 7.28. The molecule has 0 saturated heterocycles. The summed E-state index contributed by atoms with van der Waals surface area (Å²) in [6, 6.07) is 0. The van der Waals surface area contributed by atoms with Crippen molar-refractivity contribution in [3.63, 3.8) is 0 Å².